The zero-order valence-electron chi connectivity index (χ0n) is 10.4. The Hall–Kier alpha value is -1.01. The highest BCUT2D eigenvalue weighted by Crippen LogP contribution is 2.35. The molecule has 0 bridgehead atoms. The lowest BCUT2D eigenvalue weighted by Crippen LogP contribution is -2.37. The molecule has 1 saturated heterocycles. The zero-order chi connectivity index (χ0) is 14.0. The molecular weight excluding hydrogens is 281 g/mol. The number of ether oxygens (including phenoxy) is 1. The molecule has 0 amide bonds. The Morgan fingerprint density at radius 1 is 1.32 bits per heavy atom. The van der Waals surface area contributed by atoms with Crippen LogP contribution in [0.2, 0.25) is 5.15 Å². The number of alkyl halides is 3. The second-order valence-electron chi connectivity index (χ2n) is 4.43. The van der Waals surface area contributed by atoms with Crippen molar-refractivity contribution in [3.05, 3.63) is 22.8 Å². The van der Waals surface area contributed by atoms with Crippen LogP contribution in [0.4, 0.5) is 19.0 Å². The average molecular weight is 295 g/mol. The van der Waals surface area contributed by atoms with Gasteiger partial charge in [0.15, 0.2) is 0 Å². The summed E-state index contributed by atoms with van der Waals surface area (Å²) in [5, 5.41) is -0.501. The number of pyridine rings is 1. The summed E-state index contributed by atoms with van der Waals surface area (Å²) in [7, 11) is 1.66. The number of aromatic nitrogens is 1. The van der Waals surface area contributed by atoms with Crippen LogP contribution in [0.15, 0.2) is 12.1 Å². The molecule has 0 N–H and O–H groups in total. The largest absolute Gasteiger partial charge is 0.419 e. The third-order valence-corrected chi connectivity index (χ3v) is 3.53. The normalized spacial score (nSPS) is 17.8. The average Bonchev–Trinajstić information content (AvgIpc) is 2.37. The quantitative estimate of drug-likeness (QED) is 0.782. The van der Waals surface area contributed by atoms with Crippen LogP contribution in [0.5, 0.6) is 0 Å². The van der Waals surface area contributed by atoms with Gasteiger partial charge >= 0.3 is 6.18 Å². The van der Waals surface area contributed by atoms with E-state index in [1.165, 1.54) is 6.07 Å². The highest BCUT2D eigenvalue weighted by molar-refractivity contribution is 6.30. The van der Waals surface area contributed by atoms with E-state index < -0.39 is 16.9 Å². The van der Waals surface area contributed by atoms with Crippen molar-refractivity contribution in [1.29, 1.82) is 0 Å². The van der Waals surface area contributed by atoms with Gasteiger partial charge in [0.05, 0.1) is 11.7 Å². The van der Waals surface area contributed by atoms with Crippen molar-refractivity contribution in [2.75, 3.05) is 25.1 Å². The minimum absolute atomic E-state index is 0.209. The number of methoxy groups -OCH3 is 1. The summed E-state index contributed by atoms with van der Waals surface area (Å²) < 4.78 is 42.9. The van der Waals surface area contributed by atoms with Crippen LogP contribution in [-0.2, 0) is 10.9 Å². The summed E-state index contributed by atoms with van der Waals surface area (Å²) in [6.07, 6.45) is -2.60. The van der Waals surface area contributed by atoms with Gasteiger partial charge in [0.1, 0.15) is 11.0 Å². The maximum absolute atomic E-state index is 12.6. The van der Waals surface area contributed by atoms with Gasteiger partial charge in [-0.1, -0.05) is 11.6 Å². The van der Waals surface area contributed by atoms with Crippen molar-refractivity contribution < 1.29 is 17.9 Å². The number of anilines is 1. The Bertz CT molecular complexity index is 445. The second kappa shape index (κ2) is 5.54. The Kier molecular flexibility index (Phi) is 4.20. The van der Waals surface area contributed by atoms with Crippen molar-refractivity contribution in [1.82, 2.24) is 4.98 Å². The number of rotatable bonds is 2. The molecule has 1 fully saturated rings. The highest BCUT2D eigenvalue weighted by Gasteiger charge is 2.34. The third kappa shape index (κ3) is 3.30. The zero-order valence-corrected chi connectivity index (χ0v) is 11.1. The van der Waals surface area contributed by atoms with E-state index in [9.17, 15) is 13.2 Å². The molecule has 7 heteroatoms. The topological polar surface area (TPSA) is 25.4 Å². The lowest BCUT2D eigenvalue weighted by atomic mass is 10.1. The third-order valence-electron chi connectivity index (χ3n) is 3.24. The molecule has 106 valence electrons. The molecule has 1 aliphatic heterocycles. The summed E-state index contributed by atoms with van der Waals surface area (Å²) in [5.41, 5.74) is -0.898. The number of hydrogen-bond donors (Lipinski definition) is 0. The standard InChI is InChI=1S/C12H14ClF3N2O/c1-19-8-4-6-18(7-5-8)10-3-2-9(11(13)17-10)12(14,15)16/h2-3,8H,4-7H2,1H3. The predicted octanol–water partition coefficient (Wildman–Crippen LogP) is 3.37. The molecule has 0 radical (unpaired) electrons. The second-order valence-corrected chi connectivity index (χ2v) is 4.79. The Balaban J connectivity index is 2.13. The molecule has 2 rings (SSSR count). The van der Waals surface area contributed by atoms with Crippen LogP contribution in [0.1, 0.15) is 18.4 Å². The first-order valence-corrected chi connectivity index (χ1v) is 6.31. The van der Waals surface area contributed by atoms with Crippen molar-refractivity contribution in [3.8, 4) is 0 Å². The summed E-state index contributed by atoms with van der Waals surface area (Å²) in [5.74, 6) is 0.479. The van der Waals surface area contributed by atoms with Gasteiger partial charge in [-0.25, -0.2) is 4.98 Å². The smallest absolute Gasteiger partial charge is 0.381 e. The van der Waals surface area contributed by atoms with E-state index in [1.807, 2.05) is 4.90 Å². The van der Waals surface area contributed by atoms with Gasteiger partial charge in [-0.05, 0) is 25.0 Å². The molecule has 0 aliphatic carbocycles. The van der Waals surface area contributed by atoms with Crippen LogP contribution < -0.4 is 4.90 Å². The van der Waals surface area contributed by atoms with E-state index in [1.54, 1.807) is 7.11 Å². The molecular formula is C12H14ClF3N2O. The van der Waals surface area contributed by atoms with E-state index >= 15 is 0 Å². The highest BCUT2D eigenvalue weighted by atomic mass is 35.5. The molecule has 1 aliphatic rings. The van der Waals surface area contributed by atoms with Crippen molar-refractivity contribution in [3.63, 3.8) is 0 Å². The maximum atomic E-state index is 12.6. The van der Waals surface area contributed by atoms with E-state index in [-0.39, 0.29) is 6.10 Å². The van der Waals surface area contributed by atoms with Gasteiger partial charge < -0.3 is 9.64 Å². The fourth-order valence-corrected chi connectivity index (χ4v) is 2.39. The van der Waals surface area contributed by atoms with Crippen molar-refractivity contribution in [2.24, 2.45) is 0 Å². The van der Waals surface area contributed by atoms with Gasteiger partial charge in [0, 0.05) is 20.2 Å². The number of hydrogen-bond acceptors (Lipinski definition) is 3. The SMILES string of the molecule is COC1CCN(c2ccc(C(F)(F)F)c(Cl)n2)CC1. The minimum atomic E-state index is -4.47. The van der Waals surface area contributed by atoms with Crippen LogP contribution in [0.3, 0.4) is 0 Å². The van der Waals surface area contributed by atoms with Crippen LogP contribution in [0, 0.1) is 0 Å². The molecule has 0 saturated carbocycles. The molecule has 0 spiro atoms. The molecule has 1 aromatic heterocycles. The monoisotopic (exact) mass is 294 g/mol. The van der Waals surface area contributed by atoms with Crippen molar-refractivity contribution >= 4 is 17.4 Å². The maximum Gasteiger partial charge on any atom is 0.419 e. The molecule has 2 heterocycles. The van der Waals surface area contributed by atoms with Crippen LogP contribution >= 0.6 is 11.6 Å². The summed E-state index contributed by atoms with van der Waals surface area (Å²) >= 11 is 5.61. The van der Waals surface area contributed by atoms with Gasteiger partial charge in [-0.3, -0.25) is 0 Å². The molecule has 1 aromatic rings. The first-order valence-electron chi connectivity index (χ1n) is 5.93. The Labute approximate surface area is 114 Å². The van der Waals surface area contributed by atoms with Crippen molar-refractivity contribution in [2.45, 2.75) is 25.1 Å². The first-order chi connectivity index (χ1) is 8.91. The van der Waals surface area contributed by atoms with E-state index in [4.69, 9.17) is 16.3 Å². The summed E-state index contributed by atoms with van der Waals surface area (Å²) in [6.45, 7) is 1.40. The molecule has 0 unspecified atom stereocenters. The lowest BCUT2D eigenvalue weighted by Gasteiger charge is -2.32. The molecule has 0 aromatic carbocycles. The fraction of sp³-hybridized carbons (Fsp3) is 0.583. The van der Waals surface area contributed by atoms with Gasteiger partial charge in [0.25, 0.3) is 0 Å². The predicted molar refractivity (Wildman–Crippen MR) is 66.5 cm³/mol. The Morgan fingerprint density at radius 2 is 1.95 bits per heavy atom. The van der Waals surface area contributed by atoms with Crippen LogP contribution in [0.25, 0.3) is 0 Å². The van der Waals surface area contributed by atoms with Gasteiger partial charge in [-0.2, -0.15) is 13.2 Å². The summed E-state index contributed by atoms with van der Waals surface area (Å²) in [4.78, 5) is 5.76. The number of halogens is 4. The van der Waals surface area contributed by atoms with Gasteiger partial charge in [-0.15, -0.1) is 0 Å². The van der Waals surface area contributed by atoms with Gasteiger partial charge in [0.2, 0.25) is 0 Å². The van der Waals surface area contributed by atoms with E-state index in [0.29, 0.717) is 18.9 Å². The number of nitrogens with zero attached hydrogens (tertiary/aromatic N) is 2. The lowest BCUT2D eigenvalue weighted by molar-refractivity contribution is -0.137. The first kappa shape index (κ1) is 14.4. The number of piperidine rings is 1. The fourth-order valence-electron chi connectivity index (χ4n) is 2.13. The van der Waals surface area contributed by atoms with E-state index in [0.717, 1.165) is 18.9 Å². The molecule has 3 nitrogen and oxygen atoms in total. The summed E-state index contributed by atoms with van der Waals surface area (Å²) in [6, 6.07) is 2.34. The minimum Gasteiger partial charge on any atom is -0.381 e. The van der Waals surface area contributed by atoms with E-state index in [2.05, 4.69) is 4.98 Å². The molecule has 19 heavy (non-hydrogen) atoms. The molecule has 0 atom stereocenters. The Morgan fingerprint density at radius 3 is 2.42 bits per heavy atom. The van der Waals surface area contributed by atoms with Crippen LogP contribution in [-0.4, -0.2) is 31.3 Å².